The normalized spacial score (nSPS) is 33.5. The highest BCUT2D eigenvalue weighted by Crippen LogP contribution is 2.46. The molecule has 4 atom stereocenters. The van der Waals surface area contributed by atoms with Crippen molar-refractivity contribution in [3.8, 4) is 0 Å². The maximum atomic E-state index is 6.03. The van der Waals surface area contributed by atoms with Gasteiger partial charge in [-0.1, -0.05) is 23.7 Å². The average molecular weight is 294 g/mol. The number of hydrogen-bond donors (Lipinski definition) is 0. The molecule has 2 fully saturated rings. The Balaban J connectivity index is 1.85. The van der Waals surface area contributed by atoms with Crippen LogP contribution in [0.15, 0.2) is 24.3 Å². The Hall–Kier alpha value is -0.570. The van der Waals surface area contributed by atoms with Crippen LogP contribution in [0.2, 0.25) is 5.02 Å². The number of ether oxygens (including phenoxy) is 1. The Morgan fingerprint density at radius 1 is 1.25 bits per heavy atom. The fourth-order valence-electron chi connectivity index (χ4n) is 4.15. The molecule has 0 N–H and O–H groups in total. The molecule has 0 amide bonds. The quantitative estimate of drug-likeness (QED) is 0.834. The first-order valence-electron chi connectivity index (χ1n) is 7.76. The van der Waals surface area contributed by atoms with Gasteiger partial charge >= 0.3 is 0 Å². The molecule has 0 radical (unpaired) electrons. The third kappa shape index (κ3) is 2.61. The Morgan fingerprint density at radius 3 is 2.70 bits per heavy atom. The van der Waals surface area contributed by atoms with Crippen LogP contribution in [-0.2, 0) is 4.74 Å². The molecule has 0 aliphatic carbocycles. The summed E-state index contributed by atoms with van der Waals surface area (Å²) in [6.45, 7) is 3.77. The van der Waals surface area contributed by atoms with Crippen LogP contribution in [0.3, 0.4) is 0 Å². The molecule has 1 aromatic rings. The average Bonchev–Trinajstić information content (AvgIpc) is 2.71. The van der Waals surface area contributed by atoms with Gasteiger partial charge in [0.1, 0.15) is 0 Å². The van der Waals surface area contributed by atoms with Crippen LogP contribution in [0, 0.1) is 5.92 Å². The number of nitrogens with zero attached hydrogens (tertiary/aromatic N) is 1. The summed E-state index contributed by atoms with van der Waals surface area (Å²) in [6, 6.07) is 9.89. The van der Waals surface area contributed by atoms with Crippen molar-refractivity contribution < 1.29 is 4.74 Å². The lowest BCUT2D eigenvalue weighted by Crippen LogP contribution is -2.47. The first kappa shape index (κ1) is 14.4. The molecule has 3 heteroatoms. The van der Waals surface area contributed by atoms with E-state index >= 15 is 0 Å². The molecule has 1 aromatic carbocycles. The molecule has 3 rings (SSSR count). The third-order valence-electron chi connectivity index (χ3n) is 5.24. The lowest BCUT2D eigenvalue weighted by molar-refractivity contribution is 0.0253. The zero-order valence-corrected chi connectivity index (χ0v) is 13.1. The van der Waals surface area contributed by atoms with Crippen molar-refractivity contribution in [2.75, 3.05) is 20.3 Å². The van der Waals surface area contributed by atoms with Gasteiger partial charge in [-0.05, 0) is 56.8 Å². The summed E-state index contributed by atoms with van der Waals surface area (Å²) >= 11 is 6.03. The van der Waals surface area contributed by atoms with E-state index in [1.165, 1.54) is 24.8 Å². The van der Waals surface area contributed by atoms with Crippen LogP contribution in [-0.4, -0.2) is 37.2 Å². The summed E-state index contributed by atoms with van der Waals surface area (Å²) in [7, 11) is 2.29. The van der Waals surface area contributed by atoms with Gasteiger partial charge in [-0.25, -0.2) is 0 Å². The highest BCUT2D eigenvalue weighted by molar-refractivity contribution is 6.30. The predicted molar refractivity (Wildman–Crippen MR) is 83.4 cm³/mol. The molecule has 0 spiro atoms. The first-order chi connectivity index (χ1) is 9.70. The van der Waals surface area contributed by atoms with Gasteiger partial charge in [0.25, 0.3) is 0 Å². The highest BCUT2D eigenvalue weighted by atomic mass is 35.5. The number of benzene rings is 1. The lowest BCUT2D eigenvalue weighted by atomic mass is 9.76. The van der Waals surface area contributed by atoms with Crippen LogP contribution in [0.25, 0.3) is 0 Å². The van der Waals surface area contributed by atoms with Gasteiger partial charge in [-0.2, -0.15) is 0 Å². The minimum atomic E-state index is 0.611. The number of rotatable bonds is 4. The number of halogens is 1. The topological polar surface area (TPSA) is 12.5 Å². The van der Waals surface area contributed by atoms with Crippen molar-refractivity contribution in [2.24, 2.45) is 5.92 Å². The Labute approximate surface area is 127 Å². The van der Waals surface area contributed by atoms with E-state index in [0.29, 0.717) is 17.9 Å². The fraction of sp³-hybridized carbons (Fsp3) is 0.647. The number of fused-ring (bicyclic) bond motifs is 2. The van der Waals surface area contributed by atoms with Gasteiger partial charge in [0, 0.05) is 29.6 Å². The molecule has 110 valence electrons. The van der Waals surface area contributed by atoms with Crippen molar-refractivity contribution in [1.82, 2.24) is 4.90 Å². The van der Waals surface area contributed by atoms with Crippen molar-refractivity contribution in [3.63, 3.8) is 0 Å². The summed E-state index contributed by atoms with van der Waals surface area (Å²) in [5.41, 5.74) is 1.43. The minimum Gasteiger partial charge on any atom is -0.381 e. The van der Waals surface area contributed by atoms with Crippen molar-refractivity contribution in [2.45, 2.75) is 44.2 Å². The largest absolute Gasteiger partial charge is 0.381 e. The molecular weight excluding hydrogens is 270 g/mol. The van der Waals surface area contributed by atoms with Crippen molar-refractivity contribution in [1.29, 1.82) is 0 Å². The molecule has 2 saturated heterocycles. The molecule has 0 unspecified atom stereocenters. The molecule has 20 heavy (non-hydrogen) atoms. The summed E-state index contributed by atoms with van der Waals surface area (Å²) in [4.78, 5) is 2.59. The molecule has 2 aliphatic heterocycles. The van der Waals surface area contributed by atoms with Crippen LogP contribution < -0.4 is 0 Å². The number of piperidine rings is 1. The van der Waals surface area contributed by atoms with Crippen molar-refractivity contribution >= 4 is 11.6 Å². The van der Waals surface area contributed by atoms with Crippen LogP contribution in [0.5, 0.6) is 0 Å². The van der Waals surface area contributed by atoms with E-state index in [2.05, 4.69) is 31.0 Å². The Kier molecular flexibility index (Phi) is 4.34. The zero-order chi connectivity index (χ0) is 14.1. The smallest absolute Gasteiger partial charge is 0.0514 e. The van der Waals surface area contributed by atoms with Gasteiger partial charge < -0.3 is 9.64 Å². The molecule has 2 nitrogen and oxygen atoms in total. The fourth-order valence-corrected chi connectivity index (χ4v) is 4.28. The van der Waals surface area contributed by atoms with Crippen LogP contribution in [0.4, 0.5) is 0 Å². The summed E-state index contributed by atoms with van der Waals surface area (Å²) in [6.07, 6.45) is 3.92. The summed E-state index contributed by atoms with van der Waals surface area (Å²) in [5, 5.41) is 0.825. The van der Waals surface area contributed by atoms with E-state index in [-0.39, 0.29) is 0 Å². The second-order valence-electron chi connectivity index (χ2n) is 6.18. The molecule has 2 bridgehead atoms. The molecule has 2 aliphatic rings. The van der Waals surface area contributed by atoms with E-state index in [1.54, 1.807) is 0 Å². The Morgan fingerprint density at radius 2 is 2.00 bits per heavy atom. The standard InChI is InChI=1S/C17H24ClNO/c1-3-20-11-16-15(12-4-6-13(18)7-5-12)10-14-8-9-17(16)19(14)2/h4-7,14-17H,3,8-11H2,1-2H3/t14-,15+,16+,17-/m1/s1. The van der Waals surface area contributed by atoms with Crippen LogP contribution >= 0.6 is 11.6 Å². The first-order valence-corrected chi connectivity index (χ1v) is 8.13. The van der Waals surface area contributed by atoms with E-state index in [4.69, 9.17) is 16.3 Å². The zero-order valence-electron chi connectivity index (χ0n) is 12.4. The van der Waals surface area contributed by atoms with Crippen LogP contribution in [0.1, 0.15) is 37.7 Å². The maximum Gasteiger partial charge on any atom is 0.0514 e. The summed E-state index contributed by atoms with van der Waals surface area (Å²) < 4.78 is 5.79. The molecular formula is C17H24ClNO. The second kappa shape index (κ2) is 6.05. The molecule has 0 aromatic heterocycles. The van der Waals surface area contributed by atoms with Crippen molar-refractivity contribution in [3.05, 3.63) is 34.9 Å². The number of hydrogen-bond acceptors (Lipinski definition) is 2. The summed E-state index contributed by atoms with van der Waals surface area (Å²) in [5.74, 6) is 1.23. The van der Waals surface area contributed by atoms with E-state index in [0.717, 1.165) is 24.3 Å². The van der Waals surface area contributed by atoms with Gasteiger partial charge in [0.05, 0.1) is 6.61 Å². The second-order valence-corrected chi connectivity index (χ2v) is 6.62. The van der Waals surface area contributed by atoms with Gasteiger partial charge in [-0.15, -0.1) is 0 Å². The third-order valence-corrected chi connectivity index (χ3v) is 5.50. The highest BCUT2D eigenvalue weighted by Gasteiger charge is 2.45. The predicted octanol–water partition coefficient (Wildman–Crippen LogP) is 3.94. The van der Waals surface area contributed by atoms with Gasteiger partial charge in [0.2, 0.25) is 0 Å². The van der Waals surface area contributed by atoms with Gasteiger partial charge in [0.15, 0.2) is 0 Å². The molecule has 0 saturated carbocycles. The Bertz CT molecular complexity index is 447. The maximum absolute atomic E-state index is 6.03. The van der Waals surface area contributed by atoms with E-state index < -0.39 is 0 Å². The molecule has 2 heterocycles. The minimum absolute atomic E-state index is 0.611. The van der Waals surface area contributed by atoms with Gasteiger partial charge in [-0.3, -0.25) is 0 Å². The van der Waals surface area contributed by atoms with E-state index in [9.17, 15) is 0 Å². The lowest BCUT2D eigenvalue weighted by Gasteiger charge is -2.43. The SMILES string of the molecule is CCOC[C@@H]1[C@H]2CC[C@H](C[C@H]1c1ccc(Cl)cc1)N2C. The van der Waals surface area contributed by atoms with E-state index in [1.807, 2.05) is 12.1 Å². The monoisotopic (exact) mass is 293 g/mol.